The maximum atomic E-state index is 12.1. The molecule has 2 rings (SSSR count). The van der Waals surface area contributed by atoms with Crippen molar-refractivity contribution in [2.75, 3.05) is 18.2 Å². The van der Waals surface area contributed by atoms with E-state index in [-0.39, 0.29) is 10.5 Å². The summed E-state index contributed by atoms with van der Waals surface area (Å²) in [6, 6.07) is 11.3. The molecule has 0 atom stereocenters. The van der Waals surface area contributed by atoms with Crippen LogP contribution in [0, 0.1) is 13.8 Å². The number of esters is 1. The molecule has 132 valence electrons. The summed E-state index contributed by atoms with van der Waals surface area (Å²) in [6.07, 6.45) is 1.01. The number of benzene rings is 2. The molecule has 0 heterocycles. The second-order valence-electron chi connectivity index (χ2n) is 5.71. The van der Waals surface area contributed by atoms with Crippen LogP contribution in [0.3, 0.4) is 0 Å². The van der Waals surface area contributed by atoms with Gasteiger partial charge in [-0.15, -0.1) is 0 Å². The predicted octanol–water partition coefficient (Wildman–Crippen LogP) is 2.50. The number of anilines is 1. The van der Waals surface area contributed by atoms with Crippen LogP contribution in [-0.4, -0.2) is 33.2 Å². The van der Waals surface area contributed by atoms with E-state index in [0.717, 1.165) is 17.4 Å². The maximum absolute atomic E-state index is 12.1. The fourth-order valence-electron chi connectivity index (χ4n) is 2.22. The van der Waals surface area contributed by atoms with E-state index in [1.165, 1.54) is 24.3 Å². The number of hydrogen-bond donors (Lipinski definition) is 1. The van der Waals surface area contributed by atoms with Crippen LogP contribution in [-0.2, 0) is 19.4 Å². The third-order valence-corrected chi connectivity index (χ3v) is 4.66. The van der Waals surface area contributed by atoms with Crippen LogP contribution >= 0.6 is 0 Å². The van der Waals surface area contributed by atoms with Gasteiger partial charge in [0.2, 0.25) is 0 Å². The standard InChI is InChI=1S/C18H19NO5S/c1-12-8-9-13(2)15(10-12)19-17(20)11-24-18(21)14-6-4-5-7-16(14)25(3,22)23/h4-10H,11H2,1-3H3,(H,19,20). The highest BCUT2D eigenvalue weighted by Crippen LogP contribution is 2.17. The lowest BCUT2D eigenvalue weighted by Gasteiger charge is -2.11. The van der Waals surface area contributed by atoms with Crippen molar-refractivity contribution in [2.24, 2.45) is 0 Å². The number of aryl methyl sites for hydroxylation is 2. The molecule has 2 aromatic rings. The molecule has 1 N–H and O–H groups in total. The van der Waals surface area contributed by atoms with Crippen molar-refractivity contribution in [3.63, 3.8) is 0 Å². The molecule has 0 unspecified atom stereocenters. The van der Waals surface area contributed by atoms with Crippen molar-refractivity contribution in [3.8, 4) is 0 Å². The number of nitrogens with one attached hydrogen (secondary N) is 1. The summed E-state index contributed by atoms with van der Waals surface area (Å²) >= 11 is 0. The van der Waals surface area contributed by atoms with Gasteiger partial charge in [-0.25, -0.2) is 13.2 Å². The van der Waals surface area contributed by atoms with Crippen LogP contribution in [0.15, 0.2) is 47.4 Å². The fourth-order valence-corrected chi connectivity index (χ4v) is 3.10. The van der Waals surface area contributed by atoms with Gasteiger partial charge in [0, 0.05) is 11.9 Å². The number of carbonyl (C=O) groups excluding carboxylic acids is 2. The Labute approximate surface area is 146 Å². The van der Waals surface area contributed by atoms with Crippen LogP contribution in [0.2, 0.25) is 0 Å². The zero-order valence-electron chi connectivity index (χ0n) is 14.2. The molecule has 0 saturated heterocycles. The van der Waals surface area contributed by atoms with E-state index in [1.54, 1.807) is 0 Å². The van der Waals surface area contributed by atoms with E-state index < -0.39 is 28.3 Å². The molecule has 0 aromatic heterocycles. The van der Waals surface area contributed by atoms with Crippen LogP contribution in [0.1, 0.15) is 21.5 Å². The van der Waals surface area contributed by atoms with Gasteiger partial charge in [-0.2, -0.15) is 0 Å². The van der Waals surface area contributed by atoms with E-state index in [0.29, 0.717) is 5.69 Å². The maximum Gasteiger partial charge on any atom is 0.339 e. The summed E-state index contributed by atoms with van der Waals surface area (Å²) in [5.41, 5.74) is 2.41. The van der Waals surface area contributed by atoms with Gasteiger partial charge in [0.25, 0.3) is 5.91 Å². The molecule has 0 aliphatic carbocycles. The number of rotatable bonds is 5. The van der Waals surface area contributed by atoms with Gasteiger partial charge in [0.05, 0.1) is 10.5 Å². The first-order valence-electron chi connectivity index (χ1n) is 7.52. The first-order valence-corrected chi connectivity index (χ1v) is 9.41. The molecule has 0 bridgehead atoms. The van der Waals surface area contributed by atoms with Crippen molar-refractivity contribution in [1.82, 2.24) is 0 Å². The summed E-state index contributed by atoms with van der Waals surface area (Å²) in [4.78, 5) is 24.0. The predicted molar refractivity (Wildman–Crippen MR) is 94.4 cm³/mol. The second-order valence-corrected chi connectivity index (χ2v) is 7.70. The molecule has 7 heteroatoms. The molecule has 0 aliphatic heterocycles. The highest BCUT2D eigenvalue weighted by atomic mass is 32.2. The smallest absolute Gasteiger partial charge is 0.339 e. The zero-order chi connectivity index (χ0) is 18.6. The van der Waals surface area contributed by atoms with Crippen molar-refractivity contribution in [2.45, 2.75) is 18.7 Å². The van der Waals surface area contributed by atoms with Gasteiger partial charge in [-0.05, 0) is 43.2 Å². The summed E-state index contributed by atoms with van der Waals surface area (Å²) in [5.74, 6) is -1.36. The number of sulfone groups is 1. The van der Waals surface area contributed by atoms with Crippen molar-refractivity contribution in [1.29, 1.82) is 0 Å². The van der Waals surface area contributed by atoms with Crippen LogP contribution < -0.4 is 5.32 Å². The van der Waals surface area contributed by atoms with Crippen LogP contribution in [0.4, 0.5) is 5.69 Å². The van der Waals surface area contributed by atoms with Crippen molar-refractivity contribution in [3.05, 3.63) is 59.2 Å². The van der Waals surface area contributed by atoms with Gasteiger partial charge >= 0.3 is 5.97 Å². The van der Waals surface area contributed by atoms with E-state index in [1.807, 2.05) is 32.0 Å². The monoisotopic (exact) mass is 361 g/mol. The lowest BCUT2D eigenvalue weighted by molar-refractivity contribution is -0.119. The Kier molecular flexibility index (Phi) is 5.58. The lowest BCUT2D eigenvalue weighted by Crippen LogP contribution is -2.22. The Bertz CT molecular complexity index is 919. The Morgan fingerprint density at radius 2 is 1.76 bits per heavy atom. The molecule has 25 heavy (non-hydrogen) atoms. The van der Waals surface area contributed by atoms with Crippen LogP contribution in [0.5, 0.6) is 0 Å². The summed E-state index contributed by atoms with van der Waals surface area (Å²) in [6.45, 7) is 3.24. The SMILES string of the molecule is Cc1ccc(C)c(NC(=O)COC(=O)c2ccccc2S(C)(=O)=O)c1. The minimum absolute atomic E-state index is 0.0930. The first kappa shape index (κ1) is 18.7. The minimum atomic E-state index is -3.58. The zero-order valence-corrected chi connectivity index (χ0v) is 15.0. The van der Waals surface area contributed by atoms with Crippen molar-refractivity contribution >= 4 is 27.4 Å². The molecule has 0 spiro atoms. The van der Waals surface area contributed by atoms with E-state index >= 15 is 0 Å². The van der Waals surface area contributed by atoms with Gasteiger partial charge < -0.3 is 10.1 Å². The number of hydrogen-bond acceptors (Lipinski definition) is 5. The summed E-state index contributed by atoms with van der Waals surface area (Å²) in [7, 11) is -3.58. The molecule has 6 nitrogen and oxygen atoms in total. The minimum Gasteiger partial charge on any atom is -0.452 e. The van der Waals surface area contributed by atoms with Gasteiger partial charge in [-0.3, -0.25) is 4.79 Å². The average molecular weight is 361 g/mol. The highest BCUT2D eigenvalue weighted by Gasteiger charge is 2.20. The van der Waals surface area contributed by atoms with Gasteiger partial charge in [0.1, 0.15) is 0 Å². The molecular formula is C18H19NO5S. The van der Waals surface area contributed by atoms with E-state index in [4.69, 9.17) is 4.74 Å². The van der Waals surface area contributed by atoms with Crippen LogP contribution in [0.25, 0.3) is 0 Å². The number of amides is 1. The third kappa shape index (κ3) is 4.90. The van der Waals surface area contributed by atoms with E-state index in [2.05, 4.69) is 5.32 Å². The van der Waals surface area contributed by atoms with Crippen molar-refractivity contribution < 1.29 is 22.7 Å². The quantitative estimate of drug-likeness (QED) is 0.827. The summed E-state index contributed by atoms with van der Waals surface area (Å²) in [5, 5.41) is 2.67. The fraction of sp³-hybridized carbons (Fsp3) is 0.222. The topological polar surface area (TPSA) is 89.5 Å². The van der Waals surface area contributed by atoms with Gasteiger partial charge in [0.15, 0.2) is 16.4 Å². The Morgan fingerprint density at radius 3 is 2.44 bits per heavy atom. The number of carbonyl (C=O) groups is 2. The molecule has 0 aliphatic rings. The second kappa shape index (κ2) is 7.48. The number of ether oxygens (including phenoxy) is 1. The summed E-state index contributed by atoms with van der Waals surface area (Å²) < 4.78 is 28.4. The highest BCUT2D eigenvalue weighted by molar-refractivity contribution is 7.90. The Morgan fingerprint density at radius 1 is 1.08 bits per heavy atom. The molecule has 0 fully saturated rings. The first-order chi connectivity index (χ1) is 11.7. The molecule has 1 amide bonds. The average Bonchev–Trinajstić information content (AvgIpc) is 2.55. The lowest BCUT2D eigenvalue weighted by atomic mass is 10.1. The molecule has 0 saturated carbocycles. The normalized spacial score (nSPS) is 11.0. The van der Waals surface area contributed by atoms with E-state index in [9.17, 15) is 18.0 Å². The molecular weight excluding hydrogens is 342 g/mol. The molecule has 0 radical (unpaired) electrons. The Balaban J connectivity index is 2.06. The largest absolute Gasteiger partial charge is 0.452 e. The third-order valence-electron chi connectivity index (χ3n) is 3.51. The Hall–Kier alpha value is -2.67. The van der Waals surface area contributed by atoms with Gasteiger partial charge in [-0.1, -0.05) is 24.3 Å². The molecule has 2 aromatic carbocycles.